The lowest BCUT2D eigenvalue weighted by atomic mass is 10.1. The van der Waals surface area contributed by atoms with E-state index in [-0.39, 0.29) is 17.7 Å². The van der Waals surface area contributed by atoms with E-state index in [2.05, 4.69) is 0 Å². The van der Waals surface area contributed by atoms with Crippen LogP contribution in [-0.2, 0) is 10.0 Å². The summed E-state index contributed by atoms with van der Waals surface area (Å²) in [4.78, 5) is 14.7. The van der Waals surface area contributed by atoms with Crippen molar-refractivity contribution in [3.05, 3.63) is 29.3 Å². The lowest BCUT2D eigenvalue weighted by Gasteiger charge is -2.23. The van der Waals surface area contributed by atoms with Crippen molar-refractivity contribution < 1.29 is 13.2 Å². The zero-order valence-electron chi connectivity index (χ0n) is 14.2. The van der Waals surface area contributed by atoms with Crippen molar-refractivity contribution in [1.82, 2.24) is 4.90 Å². The molecule has 1 amide bonds. The maximum absolute atomic E-state index is 12.9. The SMILES string of the molecule is Cc1cc(N2CCCS2(=O)=O)ccc1C(=O)N1CC(CN)CC1C. The molecule has 0 aliphatic carbocycles. The summed E-state index contributed by atoms with van der Waals surface area (Å²) >= 11 is 0. The molecule has 2 saturated heterocycles. The highest BCUT2D eigenvalue weighted by Crippen LogP contribution is 2.29. The van der Waals surface area contributed by atoms with Crippen molar-refractivity contribution in [1.29, 1.82) is 0 Å². The van der Waals surface area contributed by atoms with E-state index in [1.165, 1.54) is 4.31 Å². The number of aryl methyl sites for hydroxylation is 1. The Kier molecular flexibility index (Phi) is 4.57. The first-order chi connectivity index (χ1) is 11.3. The Morgan fingerprint density at radius 3 is 2.67 bits per heavy atom. The normalized spacial score (nSPS) is 26.1. The van der Waals surface area contributed by atoms with Crippen LogP contribution in [-0.4, -0.2) is 50.7 Å². The van der Waals surface area contributed by atoms with Crippen LogP contribution in [0, 0.1) is 12.8 Å². The Balaban J connectivity index is 1.84. The molecule has 3 rings (SSSR count). The van der Waals surface area contributed by atoms with Crippen LogP contribution < -0.4 is 10.0 Å². The van der Waals surface area contributed by atoms with Gasteiger partial charge in [-0.1, -0.05) is 0 Å². The summed E-state index contributed by atoms with van der Waals surface area (Å²) in [6.45, 7) is 5.71. The summed E-state index contributed by atoms with van der Waals surface area (Å²) in [5.74, 6) is 0.559. The molecule has 1 aromatic rings. The molecule has 0 aromatic heterocycles. The number of nitrogens with two attached hydrogens (primary N) is 1. The third kappa shape index (κ3) is 3.02. The fourth-order valence-electron chi connectivity index (χ4n) is 3.72. The van der Waals surface area contributed by atoms with Crippen LogP contribution in [0.25, 0.3) is 0 Å². The first-order valence-corrected chi connectivity index (χ1v) is 10.1. The van der Waals surface area contributed by atoms with E-state index in [4.69, 9.17) is 5.73 Å². The highest BCUT2D eigenvalue weighted by molar-refractivity contribution is 7.93. The number of likely N-dealkylation sites (tertiary alicyclic amines) is 1. The van der Waals surface area contributed by atoms with Gasteiger partial charge in [-0.15, -0.1) is 0 Å². The van der Waals surface area contributed by atoms with Gasteiger partial charge in [-0.2, -0.15) is 0 Å². The minimum absolute atomic E-state index is 0.00628. The summed E-state index contributed by atoms with van der Waals surface area (Å²) in [5, 5.41) is 0. The highest BCUT2D eigenvalue weighted by Gasteiger charge is 2.33. The Bertz CT molecular complexity index is 747. The number of carbonyl (C=O) groups is 1. The smallest absolute Gasteiger partial charge is 0.254 e. The van der Waals surface area contributed by atoms with E-state index >= 15 is 0 Å². The molecule has 2 atom stereocenters. The van der Waals surface area contributed by atoms with Gasteiger partial charge in [0.1, 0.15) is 0 Å². The average Bonchev–Trinajstić information content (AvgIpc) is 3.08. The maximum Gasteiger partial charge on any atom is 0.254 e. The summed E-state index contributed by atoms with van der Waals surface area (Å²) in [5.41, 5.74) is 7.84. The van der Waals surface area contributed by atoms with Gasteiger partial charge in [-0.25, -0.2) is 8.42 Å². The van der Waals surface area contributed by atoms with Crippen molar-refractivity contribution >= 4 is 21.6 Å². The summed E-state index contributed by atoms with van der Waals surface area (Å²) in [6, 6.07) is 5.48. The standard InChI is InChI=1S/C17H25N3O3S/c1-12-8-15(20-6-3-7-24(20,22)23)4-5-16(12)17(21)19-11-14(10-18)9-13(19)2/h4-5,8,13-14H,3,6-7,9-11,18H2,1-2H3. The third-order valence-electron chi connectivity index (χ3n) is 5.08. The van der Waals surface area contributed by atoms with Crippen molar-refractivity contribution in [2.45, 2.75) is 32.7 Å². The van der Waals surface area contributed by atoms with Gasteiger partial charge in [0, 0.05) is 24.7 Å². The molecule has 2 N–H and O–H groups in total. The first kappa shape index (κ1) is 17.2. The van der Waals surface area contributed by atoms with E-state index in [1.54, 1.807) is 18.2 Å². The molecule has 0 radical (unpaired) electrons. The number of hydrogen-bond donors (Lipinski definition) is 1. The highest BCUT2D eigenvalue weighted by atomic mass is 32.2. The Morgan fingerprint density at radius 2 is 2.12 bits per heavy atom. The molecule has 2 unspecified atom stereocenters. The molecule has 2 aliphatic heterocycles. The van der Waals surface area contributed by atoms with Gasteiger partial charge in [-0.3, -0.25) is 9.10 Å². The Labute approximate surface area is 143 Å². The van der Waals surface area contributed by atoms with Gasteiger partial charge in [0.15, 0.2) is 0 Å². The Hall–Kier alpha value is -1.60. The molecule has 0 saturated carbocycles. The van der Waals surface area contributed by atoms with Crippen LogP contribution in [0.5, 0.6) is 0 Å². The molecule has 0 bridgehead atoms. The molecule has 7 heteroatoms. The number of rotatable bonds is 3. The number of carbonyl (C=O) groups excluding carboxylic acids is 1. The van der Waals surface area contributed by atoms with E-state index in [0.717, 1.165) is 12.0 Å². The predicted octanol–water partition coefficient (Wildman–Crippen LogP) is 1.34. The van der Waals surface area contributed by atoms with Gasteiger partial charge in [0.25, 0.3) is 5.91 Å². The van der Waals surface area contributed by atoms with E-state index in [9.17, 15) is 13.2 Å². The van der Waals surface area contributed by atoms with E-state index in [0.29, 0.717) is 43.2 Å². The zero-order valence-corrected chi connectivity index (χ0v) is 15.1. The van der Waals surface area contributed by atoms with Crippen LogP contribution in [0.1, 0.15) is 35.7 Å². The van der Waals surface area contributed by atoms with Gasteiger partial charge in [0.2, 0.25) is 10.0 Å². The fraction of sp³-hybridized carbons (Fsp3) is 0.588. The topological polar surface area (TPSA) is 83.7 Å². The minimum Gasteiger partial charge on any atom is -0.336 e. The zero-order chi connectivity index (χ0) is 17.5. The van der Waals surface area contributed by atoms with Crippen molar-refractivity contribution in [2.24, 2.45) is 11.7 Å². The van der Waals surface area contributed by atoms with Gasteiger partial charge in [0.05, 0.1) is 11.4 Å². The lowest BCUT2D eigenvalue weighted by molar-refractivity contribution is 0.0742. The number of nitrogens with zero attached hydrogens (tertiary/aromatic N) is 2. The van der Waals surface area contributed by atoms with E-state index in [1.807, 2.05) is 18.7 Å². The molecule has 2 aliphatic rings. The second kappa shape index (κ2) is 6.37. The van der Waals surface area contributed by atoms with Gasteiger partial charge < -0.3 is 10.6 Å². The molecular formula is C17H25N3O3S. The molecular weight excluding hydrogens is 326 g/mol. The van der Waals surface area contributed by atoms with Crippen molar-refractivity contribution in [3.63, 3.8) is 0 Å². The van der Waals surface area contributed by atoms with Crippen molar-refractivity contribution in [3.8, 4) is 0 Å². The van der Waals surface area contributed by atoms with Crippen LogP contribution in [0.3, 0.4) is 0 Å². The monoisotopic (exact) mass is 351 g/mol. The largest absolute Gasteiger partial charge is 0.336 e. The average molecular weight is 351 g/mol. The second-order valence-electron chi connectivity index (χ2n) is 6.88. The molecule has 2 heterocycles. The molecule has 24 heavy (non-hydrogen) atoms. The predicted molar refractivity (Wildman–Crippen MR) is 94.6 cm³/mol. The fourth-order valence-corrected chi connectivity index (χ4v) is 5.28. The second-order valence-corrected chi connectivity index (χ2v) is 8.90. The quantitative estimate of drug-likeness (QED) is 0.891. The Morgan fingerprint density at radius 1 is 1.38 bits per heavy atom. The van der Waals surface area contributed by atoms with Gasteiger partial charge in [-0.05, 0) is 62.9 Å². The van der Waals surface area contributed by atoms with Gasteiger partial charge >= 0.3 is 0 Å². The molecule has 132 valence electrons. The number of anilines is 1. The molecule has 2 fully saturated rings. The number of benzene rings is 1. The molecule has 6 nitrogen and oxygen atoms in total. The van der Waals surface area contributed by atoms with E-state index < -0.39 is 10.0 Å². The lowest BCUT2D eigenvalue weighted by Crippen LogP contribution is -2.35. The van der Waals surface area contributed by atoms with Crippen LogP contribution >= 0.6 is 0 Å². The van der Waals surface area contributed by atoms with Crippen LogP contribution in [0.2, 0.25) is 0 Å². The number of sulfonamides is 1. The summed E-state index contributed by atoms with van der Waals surface area (Å²) < 4.78 is 25.5. The van der Waals surface area contributed by atoms with Crippen LogP contribution in [0.4, 0.5) is 5.69 Å². The molecule has 0 spiro atoms. The molecule has 1 aromatic carbocycles. The minimum atomic E-state index is -3.20. The van der Waals surface area contributed by atoms with Crippen LogP contribution in [0.15, 0.2) is 18.2 Å². The summed E-state index contributed by atoms with van der Waals surface area (Å²) in [6.07, 6.45) is 1.58. The third-order valence-corrected chi connectivity index (χ3v) is 6.95. The first-order valence-electron chi connectivity index (χ1n) is 8.45. The summed E-state index contributed by atoms with van der Waals surface area (Å²) in [7, 11) is -3.20. The van der Waals surface area contributed by atoms with Crippen molar-refractivity contribution in [2.75, 3.05) is 29.7 Å². The maximum atomic E-state index is 12.9. The number of hydrogen-bond acceptors (Lipinski definition) is 4. The number of amides is 1.